The van der Waals surface area contributed by atoms with E-state index in [1.54, 1.807) is 11.1 Å². The molecule has 3 rings (SSSR count). The zero-order valence-electron chi connectivity index (χ0n) is 11.7. The zero-order chi connectivity index (χ0) is 13.4. The molecule has 0 spiro atoms. The fourth-order valence-corrected chi connectivity index (χ4v) is 4.61. The Labute approximate surface area is 124 Å². The van der Waals surface area contributed by atoms with E-state index in [1.807, 2.05) is 0 Å². The van der Waals surface area contributed by atoms with Crippen LogP contribution in [-0.4, -0.2) is 0 Å². The summed E-state index contributed by atoms with van der Waals surface area (Å²) in [7, 11) is 0. The van der Waals surface area contributed by atoms with E-state index in [-0.39, 0.29) is 0 Å². The smallest absolute Gasteiger partial charge is 0.0429 e. The topological polar surface area (TPSA) is 0 Å². The molecule has 0 radical (unpaired) electrons. The van der Waals surface area contributed by atoms with Crippen LogP contribution < -0.4 is 0 Å². The van der Waals surface area contributed by atoms with Crippen LogP contribution in [0.5, 0.6) is 0 Å². The standard InChI is InChI=1S/C18H21Br/c1-3-12(4-2)18(19)16-11-10-14-9-8-13-6-5-7-15(16)17(13)14/h5-7,10-12,18H,3-4,8-9H2,1-2H3. The molecule has 0 nitrogen and oxygen atoms in total. The van der Waals surface area contributed by atoms with E-state index >= 15 is 0 Å². The maximum atomic E-state index is 3.96. The van der Waals surface area contributed by atoms with Crippen molar-refractivity contribution in [2.24, 2.45) is 5.92 Å². The number of hydrogen-bond acceptors (Lipinski definition) is 0. The summed E-state index contributed by atoms with van der Waals surface area (Å²) in [5.41, 5.74) is 4.56. The van der Waals surface area contributed by atoms with Crippen molar-refractivity contribution in [3.63, 3.8) is 0 Å². The van der Waals surface area contributed by atoms with Crippen LogP contribution in [-0.2, 0) is 12.8 Å². The molecule has 0 aromatic heterocycles. The Bertz CT molecular complexity index is 586. The number of benzene rings is 2. The average Bonchev–Trinajstić information content (AvgIpc) is 2.86. The lowest BCUT2D eigenvalue weighted by atomic mass is 9.90. The normalized spacial score (nSPS) is 15.4. The van der Waals surface area contributed by atoms with Gasteiger partial charge in [-0.2, -0.15) is 0 Å². The summed E-state index contributed by atoms with van der Waals surface area (Å²) in [6.07, 6.45) is 4.90. The van der Waals surface area contributed by atoms with Gasteiger partial charge in [0.05, 0.1) is 0 Å². The summed E-state index contributed by atoms with van der Waals surface area (Å²) >= 11 is 3.96. The highest BCUT2D eigenvalue weighted by Crippen LogP contribution is 2.41. The first kappa shape index (κ1) is 13.2. The summed E-state index contributed by atoms with van der Waals surface area (Å²) < 4.78 is 0. The summed E-state index contributed by atoms with van der Waals surface area (Å²) in [5, 5.41) is 3.01. The molecule has 19 heavy (non-hydrogen) atoms. The maximum absolute atomic E-state index is 3.96. The van der Waals surface area contributed by atoms with Gasteiger partial charge in [0, 0.05) is 4.83 Å². The van der Waals surface area contributed by atoms with Crippen LogP contribution in [0.25, 0.3) is 10.8 Å². The second-order valence-electron chi connectivity index (χ2n) is 5.63. The second-order valence-corrected chi connectivity index (χ2v) is 6.62. The SMILES string of the molecule is CCC(CC)C(Br)c1ccc2c3c(cccc13)CC2. The first-order valence-electron chi connectivity index (χ1n) is 7.43. The molecule has 0 fully saturated rings. The Morgan fingerprint density at radius 3 is 2.37 bits per heavy atom. The van der Waals surface area contributed by atoms with Gasteiger partial charge < -0.3 is 0 Å². The third-order valence-corrected chi connectivity index (χ3v) is 5.91. The molecular formula is C18H21Br. The molecule has 0 N–H and O–H groups in total. The van der Waals surface area contributed by atoms with Crippen molar-refractivity contribution in [1.29, 1.82) is 0 Å². The molecule has 2 aromatic carbocycles. The third kappa shape index (κ3) is 2.12. The molecule has 1 unspecified atom stereocenters. The molecule has 100 valence electrons. The van der Waals surface area contributed by atoms with Crippen LogP contribution in [0.15, 0.2) is 30.3 Å². The van der Waals surface area contributed by atoms with Gasteiger partial charge in [-0.3, -0.25) is 0 Å². The van der Waals surface area contributed by atoms with Crippen LogP contribution in [0.4, 0.5) is 0 Å². The highest BCUT2D eigenvalue weighted by atomic mass is 79.9. The fourth-order valence-electron chi connectivity index (χ4n) is 3.47. The molecule has 1 aliphatic carbocycles. The van der Waals surface area contributed by atoms with Crippen LogP contribution in [0.2, 0.25) is 0 Å². The second kappa shape index (κ2) is 5.28. The van der Waals surface area contributed by atoms with Gasteiger partial charge in [-0.1, -0.05) is 73.0 Å². The van der Waals surface area contributed by atoms with Crippen molar-refractivity contribution >= 4 is 26.7 Å². The quantitative estimate of drug-likeness (QED) is 0.624. The number of rotatable bonds is 4. The summed E-state index contributed by atoms with van der Waals surface area (Å²) in [6.45, 7) is 4.59. The van der Waals surface area contributed by atoms with E-state index in [0.717, 1.165) is 5.92 Å². The molecule has 2 aromatic rings. The van der Waals surface area contributed by atoms with E-state index in [2.05, 4.69) is 60.1 Å². The van der Waals surface area contributed by atoms with Gasteiger partial charge in [-0.25, -0.2) is 0 Å². The lowest BCUT2D eigenvalue weighted by Crippen LogP contribution is -2.06. The van der Waals surface area contributed by atoms with E-state index in [9.17, 15) is 0 Å². The Morgan fingerprint density at radius 1 is 1.00 bits per heavy atom. The van der Waals surface area contributed by atoms with E-state index in [1.165, 1.54) is 42.0 Å². The van der Waals surface area contributed by atoms with Crippen molar-refractivity contribution < 1.29 is 0 Å². The molecule has 0 amide bonds. The maximum Gasteiger partial charge on any atom is 0.0429 e. The molecule has 1 heteroatoms. The largest absolute Gasteiger partial charge is 0.0836 e. The van der Waals surface area contributed by atoms with Crippen molar-refractivity contribution in [1.82, 2.24) is 0 Å². The molecule has 0 bridgehead atoms. The minimum absolute atomic E-state index is 0.479. The van der Waals surface area contributed by atoms with Gasteiger partial charge in [0.25, 0.3) is 0 Å². The van der Waals surface area contributed by atoms with Gasteiger partial charge in [0.1, 0.15) is 0 Å². The van der Waals surface area contributed by atoms with Gasteiger partial charge in [0.2, 0.25) is 0 Å². The highest BCUT2D eigenvalue weighted by Gasteiger charge is 2.22. The molecule has 0 saturated carbocycles. The molecular weight excluding hydrogens is 296 g/mol. The Hall–Kier alpha value is -0.820. The summed E-state index contributed by atoms with van der Waals surface area (Å²) in [5.74, 6) is 0.721. The molecule has 0 heterocycles. The van der Waals surface area contributed by atoms with Crippen molar-refractivity contribution in [3.05, 3.63) is 47.0 Å². The van der Waals surface area contributed by atoms with Crippen LogP contribution in [0.1, 0.15) is 48.2 Å². The zero-order valence-corrected chi connectivity index (χ0v) is 13.3. The monoisotopic (exact) mass is 316 g/mol. The number of hydrogen-bond donors (Lipinski definition) is 0. The average molecular weight is 317 g/mol. The molecule has 0 saturated heterocycles. The van der Waals surface area contributed by atoms with E-state index < -0.39 is 0 Å². The van der Waals surface area contributed by atoms with Crippen molar-refractivity contribution in [2.75, 3.05) is 0 Å². The third-order valence-electron chi connectivity index (χ3n) is 4.67. The predicted octanol–water partition coefficient (Wildman–Crippen LogP) is 5.81. The minimum Gasteiger partial charge on any atom is -0.0836 e. The summed E-state index contributed by atoms with van der Waals surface area (Å²) in [6, 6.07) is 11.5. The lowest BCUT2D eigenvalue weighted by Gasteiger charge is -2.22. The van der Waals surface area contributed by atoms with Gasteiger partial charge in [-0.15, -0.1) is 0 Å². The fraction of sp³-hybridized carbons (Fsp3) is 0.444. The van der Waals surface area contributed by atoms with Crippen molar-refractivity contribution in [3.8, 4) is 0 Å². The van der Waals surface area contributed by atoms with Crippen LogP contribution in [0, 0.1) is 5.92 Å². The number of aryl methyl sites for hydroxylation is 2. The number of alkyl halides is 1. The number of halogens is 1. The minimum atomic E-state index is 0.479. The summed E-state index contributed by atoms with van der Waals surface area (Å²) in [4.78, 5) is 0.479. The van der Waals surface area contributed by atoms with Gasteiger partial charge in [-0.05, 0) is 46.2 Å². The Morgan fingerprint density at radius 2 is 1.68 bits per heavy atom. The molecule has 1 atom stereocenters. The van der Waals surface area contributed by atoms with Crippen LogP contribution in [0.3, 0.4) is 0 Å². The lowest BCUT2D eigenvalue weighted by molar-refractivity contribution is 0.488. The first-order valence-corrected chi connectivity index (χ1v) is 8.35. The first-order chi connectivity index (χ1) is 9.26. The highest BCUT2D eigenvalue weighted by molar-refractivity contribution is 9.09. The van der Waals surface area contributed by atoms with Crippen molar-refractivity contribution in [2.45, 2.75) is 44.4 Å². The molecule has 1 aliphatic rings. The Balaban J connectivity index is 2.15. The van der Waals surface area contributed by atoms with E-state index in [0.29, 0.717) is 4.83 Å². The predicted molar refractivity (Wildman–Crippen MR) is 87.1 cm³/mol. The van der Waals surface area contributed by atoms with E-state index in [4.69, 9.17) is 0 Å². The molecule has 0 aliphatic heterocycles. The van der Waals surface area contributed by atoms with Gasteiger partial charge in [0.15, 0.2) is 0 Å². The Kier molecular flexibility index (Phi) is 3.66. The van der Waals surface area contributed by atoms with Crippen LogP contribution >= 0.6 is 15.9 Å². The van der Waals surface area contributed by atoms with Gasteiger partial charge >= 0.3 is 0 Å².